The lowest BCUT2D eigenvalue weighted by Gasteiger charge is -2.04. The van der Waals surface area contributed by atoms with E-state index < -0.39 is 5.97 Å². The molecule has 2 N–H and O–H groups in total. The molecule has 18 heavy (non-hydrogen) atoms. The molecule has 0 spiro atoms. The molecule has 1 fully saturated rings. The topological polar surface area (TPSA) is 54.3 Å². The van der Waals surface area contributed by atoms with E-state index in [1.807, 2.05) is 31.3 Å². The number of carbonyl (C=O) groups is 1. The predicted molar refractivity (Wildman–Crippen MR) is 69.7 cm³/mol. The standard InChI is InChI=1S/C14H16N2O2/c1-16-12-5-3-2-4-10(12)11(13(16)14(17)18)8-15-9-6-7-9/h2-5,9,15H,6-8H2,1H3,(H,17,18). The molecular weight excluding hydrogens is 228 g/mol. The first-order chi connectivity index (χ1) is 8.68. The molecule has 1 aromatic carbocycles. The van der Waals surface area contributed by atoms with Gasteiger partial charge in [0.1, 0.15) is 5.69 Å². The summed E-state index contributed by atoms with van der Waals surface area (Å²) in [5.74, 6) is -0.860. The number of nitrogens with one attached hydrogen (secondary N) is 1. The number of fused-ring (bicyclic) bond motifs is 1. The van der Waals surface area contributed by atoms with Gasteiger partial charge in [0.2, 0.25) is 0 Å². The van der Waals surface area contributed by atoms with Gasteiger partial charge >= 0.3 is 5.97 Å². The van der Waals surface area contributed by atoms with Crippen LogP contribution in [0.15, 0.2) is 24.3 Å². The van der Waals surface area contributed by atoms with E-state index in [0.29, 0.717) is 18.3 Å². The molecule has 0 radical (unpaired) electrons. The maximum Gasteiger partial charge on any atom is 0.352 e. The zero-order valence-corrected chi connectivity index (χ0v) is 10.3. The molecule has 1 aliphatic rings. The Labute approximate surface area is 105 Å². The van der Waals surface area contributed by atoms with Crippen molar-refractivity contribution in [2.24, 2.45) is 7.05 Å². The molecule has 94 valence electrons. The van der Waals surface area contributed by atoms with E-state index in [4.69, 9.17) is 0 Å². The summed E-state index contributed by atoms with van der Waals surface area (Å²) in [6.45, 7) is 0.633. The highest BCUT2D eigenvalue weighted by Gasteiger charge is 2.24. The van der Waals surface area contributed by atoms with E-state index in [1.54, 1.807) is 4.57 Å². The Hall–Kier alpha value is -1.81. The first-order valence-corrected chi connectivity index (χ1v) is 6.21. The third kappa shape index (κ3) is 1.78. The van der Waals surface area contributed by atoms with Gasteiger partial charge in [-0.15, -0.1) is 0 Å². The summed E-state index contributed by atoms with van der Waals surface area (Å²) in [4.78, 5) is 11.4. The van der Waals surface area contributed by atoms with Gasteiger partial charge in [0, 0.05) is 36.1 Å². The van der Waals surface area contributed by atoms with E-state index in [1.165, 1.54) is 12.8 Å². The van der Waals surface area contributed by atoms with Crippen LogP contribution in [0.5, 0.6) is 0 Å². The van der Waals surface area contributed by atoms with Crippen LogP contribution in [0.1, 0.15) is 28.9 Å². The summed E-state index contributed by atoms with van der Waals surface area (Å²) in [6, 6.07) is 8.42. The molecule has 3 rings (SSSR count). The summed E-state index contributed by atoms with van der Waals surface area (Å²) >= 11 is 0. The Morgan fingerprint density at radius 2 is 2.17 bits per heavy atom. The lowest BCUT2D eigenvalue weighted by atomic mass is 10.1. The minimum atomic E-state index is -0.860. The molecule has 1 saturated carbocycles. The first kappa shape index (κ1) is 11.3. The van der Waals surface area contributed by atoms with Crippen LogP contribution in [0.25, 0.3) is 10.9 Å². The number of para-hydroxylation sites is 1. The van der Waals surface area contributed by atoms with Gasteiger partial charge in [-0.05, 0) is 18.9 Å². The second-order valence-corrected chi connectivity index (χ2v) is 4.86. The molecule has 0 atom stereocenters. The number of benzene rings is 1. The van der Waals surface area contributed by atoms with Gasteiger partial charge in [0.05, 0.1) is 0 Å². The van der Waals surface area contributed by atoms with Gasteiger partial charge in [-0.3, -0.25) is 0 Å². The Kier molecular flexibility index (Phi) is 2.59. The highest BCUT2D eigenvalue weighted by atomic mass is 16.4. The van der Waals surface area contributed by atoms with Crippen molar-refractivity contribution in [3.05, 3.63) is 35.5 Å². The smallest absolute Gasteiger partial charge is 0.352 e. The van der Waals surface area contributed by atoms with Gasteiger partial charge in [-0.2, -0.15) is 0 Å². The number of hydrogen-bond donors (Lipinski definition) is 2. The molecule has 4 nitrogen and oxygen atoms in total. The largest absolute Gasteiger partial charge is 0.477 e. The molecule has 1 aliphatic carbocycles. The van der Waals surface area contributed by atoms with Crippen LogP contribution in [0.4, 0.5) is 0 Å². The maximum atomic E-state index is 11.4. The fourth-order valence-corrected chi connectivity index (χ4v) is 2.46. The normalized spacial score (nSPS) is 15.2. The van der Waals surface area contributed by atoms with Crippen LogP contribution >= 0.6 is 0 Å². The fraction of sp³-hybridized carbons (Fsp3) is 0.357. The molecule has 0 amide bonds. The van der Waals surface area contributed by atoms with Crippen LogP contribution < -0.4 is 5.32 Å². The van der Waals surface area contributed by atoms with Crippen LogP contribution in [0.3, 0.4) is 0 Å². The van der Waals surface area contributed by atoms with Crippen LogP contribution in [0, 0.1) is 0 Å². The minimum Gasteiger partial charge on any atom is -0.477 e. The first-order valence-electron chi connectivity index (χ1n) is 6.21. The molecule has 0 aliphatic heterocycles. The van der Waals surface area contributed by atoms with Gasteiger partial charge < -0.3 is 15.0 Å². The summed E-state index contributed by atoms with van der Waals surface area (Å²) in [6.07, 6.45) is 2.40. The monoisotopic (exact) mass is 244 g/mol. The molecule has 1 aromatic heterocycles. The summed E-state index contributed by atoms with van der Waals surface area (Å²) in [7, 11) is 1.81. The van der Waals surface area contributed by atoms with Crippen molar-refractivity contribution < 1.29 is 9.90 Å². The summed E-state index contributed by atoms with van der Waals surface area (Å²) < 4.78 is 1.77. The highest BCUT2D eigenvalue weighted by molar-refractivity contribution is 5.98. The number of aromatic nitrogens is 1. The molecule has 2 aromatic rings. The molecule has 0 bridgehead atoms. The SMILES string of the molecule is Cn1c(C(=O)O)c(CNC2CC2)c2ccccc21. The highest BCUT2D eigenvalue weighted by Crippen LogP contribution is 2.27. The quantitative estimate of drug-likeness (QED) is 0.866. The van der Waals surface area contributed by atoms with Crippen LogP contribution in [-0.4, -0.2) is 21.7 Å². The number of hydrogen-bond acceptors (Lipinski definition) is 2. The van der Waals surface area contributed by atoms with Gasteiger partial charge in [-0.1, -0.05) is 18.2 Å². The van der Waals surface area contributed by atoms with Crippen molar-refractivity contribution in [1.29, 1.82) is 0 Å². The van der Waals surface area contributed by atoms with E-state index >= 15 is 0 Å². The third-order valence-corrected chi connectivity index (χ3v) is 3.56. The van der Waals surface area contributed by atoms with E-state index in [0.717, 1.165) is 16.5 Å². The van der Waals surface area contributed by atoms with Gasteiger partial charge in [-0.25, -0.2) is 4.79 Å². The zero-order chi connectivity index (χ0) is 12.7. The molecule has 1 heterocycles. The zero-order valence-electron chi connectivity index (χ0n) is 10.3. The third-order valence-electron chi connectivity index (χ3n) is 3.56. The summed E-state index contributed by atoms with van der Waals surface area (Å²) in [5, 5.41) is 13.8. The maximum absolute atomic E-state index is 11.4. The van der Waals surface area contributed by atoms with Crippen molar-refractivity contribution in [3.63, 3.8) is 0 Å². The van der Waals surface area contributed by atoms with Gasteiger partial charge in [0.25, 0.3) is 0 Å². The Morgan fingerprint density at radius 3 is 2.83 bits per heavy atom. The fourth-order valence-electron chi connectivity index (χ4n) is 2.46. The van der Waals surface area contributed by atoms with Crippen LogP contribution in [-0.2, 0) is 13.6 Å². The van der Waals surface area contributed by atoms with Crippen LogP contribution in [0.2, 0.25) is 0 Å². The average molecular weight is 244 g/mol. The molecule has 4 heteroatoms. The van der Waals surface area contributed by atoms with E-state index in [-0.39, 0.29) is 0 Å². The second kappa shape index (κ2) is 4.14. The minimum absolute atomic E-state index is 0.393. The van der Waals surface area contributed by atoms with Gasteiger partial charge in [0.15, 0.2) is 0 Å². The van der Waals surface area contributed by atoms with Crippen molar-refractivity contribution in [1.82, 2.24) is 9.88 Å². The average Bonchev–Trinajstić information content (AvgIpc) is 3.13. The second-order valence-electron chi connectivity index (χ2n) is 4.86. The van der Waals surface area contributed by atoms with E-state index in [9.17, 15) is 9.90 Å². The van der Waals surface area contributed by atoms with Crippen molar-refractivity contribution in [2.75, 3.05) is 0 Å². The lowest BCUT2D eigenvalue weighted by Crippen LogP contribution is -2.18. The molecule has 0 unspecified atom stereocenters. The predicted octanol–water partition coefficient (Wildman–Crippen LogP) is 2.13. The Bertz CT molecular complexity index is 612. The number of nitrogens with zero attached hydrogens (tertiary/aromatic N) is 1. The van der Waals surface area contributed by atoms with Crippen molar-refractivity contribution in [2.45, 2.75) is 25.4 Å². The number of rotatable bonds is 4. The van der Waals surface area contributed by atoms with E-state index in [2.05, 4.69) is 5.32 Å². The lowest BCUT2D eigenvalue weighted by molar-refractivity contribution is 0.0685. The Balaban J connectivity index is 2.11. The number of carboxylic acid groups (broad SMARTS) is 1. The number of carboxylic acids is 1. The number of aromatic carboxylic acids is 1. The Morgan fingerprint density at radius 1 is 1.44 bits per heavy atom. The van der Waals surface area contributed by atoms with Crippen molar-refractivity contribution >= 4 is 16.9 Å². The van der Waals surface area contributed by atoms with Crippen molar-refractivity contribution in [3.8, 4) is 0 Å². The summed E-state index contributed by atoms with van der Waals surface area (Å²) in [5.41, 5.74) is 2.26. The number of aryl methyl sites for hydroxylation is 1. The molecular formula is C14H16N2O2. The molecule has 0 saturated heterocycles.